The van der Waals surface area contributed by atoms with E-state index in [0.29, 0.717) is 11.3 Å². The lowest BCUT2D eigenvalue weighted by molar-refractivity contribution is -0.133. The van der Waals surface area contributed by atoms with Crippen molar-refractivity contribution >= 4 is 17.8 Å². The van der Waals surface area contributed by atoms with E-state index in [-0.39, 0.29) is 43.4 Å². The number of fused-ring (bicyclic) bond motifs is 1. The van der Waals surface area contributed by atoms with Gasteiger partial charge in [0.15, 0.2) is 5.69 Å². The molecule has 0 aliphatic carbocycles. The molecule has 2 heterocycles. The Hall–Kier alpha value is -4.21. The fourth-order valence-electron chi connectivity index (χ4n) is 4.08. The number of rotatable bonds is 8. The smallest absolute Gasteiger partial charge is 0.358 e. The van der Waals surface area contributed by atoms with Crippen LogP contribution in [0.5, 0.6) is 5.75 Å². The second-order valence-corrected chi connectivity index (χ2v) is 8.62. The molecule has 9 nitrogen and oxygen atoms in total. The molecule has 1 atom stereocenters. The standard InChI is InChI=1S/C26H27FN4O5/c1-4-36-24(33)21-13-22-23(32)30(15-18-7-11-20(35-3)12-8-18)26(2,16-31(22)29-21)25(34)28-14-17-5-9-19(27)10-6-17/h5-13H,4,14-16H2,1-3H3,(H,28,34). The molecule has 0 saturated carbocycles. The number of nitrogens with zero attached hydrogens (tertiary/aromatic N) is 3. The Labute approximate surface area is 207 Å². The zero-order chi connectivity index (χ0) is 25.9. The highest BCUT2D eigenvalue weighted by atomic mass is 19.1. The highest BCUT2D eigenvalue weighted by molar-refractivity contribution is 6.01. The van der Waals surface area contributed by atoms with Crippen molar-refractivity contribution < 1.29 is 28.2 Å². The minimum atomic E-state index is -1.33. The number of hydrogen-bond acceptors (Lipinski definition) is 6. The van der Waals surface area contributed by atoms with E-state index in [1.165, 1.54) is 27.8 Å². The lowest BCUT2D eigenvalue weighted by Gasteiger charge is -2.43. The average molecular weight is 495 g/mol. The second-order valence-electron chi connectivity index (χ2n) is 8.62. The molecule has 1 aromatic heterocycles. The van der Waals surface area contributed by atoms with Crippen molar-refractivity contribution in [1.29, 1.82) is 0 Å². The summed E-state index contributed by atoms with van der Waals surface area (Å²) in [6.45, 7) is 3.82. The lowest BCUT2D eigenvalue weighted by Crippen LogP contribution is -2.63. The highest BCUT2D eigenvalue weighted by Crippen LogP contribution is 2.30. The van der Waals surface area contributed by atoms with Crippen molar-refractivity contribution in [3.8, 4) is 5.75 Å². The third-order valence-corrected chi connectivity index (χ3v) is 6.14. The molecule has 0 bridgehead atoms. The number of halogens is 1. The maximum absolute atomic E-state index is 13.6. The van der Waals surface area contributed by atoms with Gasteiger partial charge in [0.25, 0.3) is 5.91 Å². The molecule has 10 heteroatoms. The first kappa shape index (κ1) is 24.9. The average Bonchev–Trinajstić information content (AvgIpc) is 3.30. The molecule has 1 aliphatic heterocycles. The number of methoxy groups -OCH3 is 1. The molecule has 4 rings (SSSR count). The third-order valence-electron chi connectivity index (χ3n) is 6.14. The number of amides is 2. The Bertz CT molecular complexity index is 1270. The van der Waals surface area contributed by atoms with E-state index in [1.807, 2.05) is 12.1 Å². The summed E-state index contributed by atoms with van der Waals surface area (Å²) < 4.78 is 24.9. The van der Waals surface area contributed by atoms with Crippen LogP contribution in [0.3, 0.4) is 0 Å². The fraction of sp³-hybridized carbons (Fsp3) is 0.308. The van der Waals surface area contributed by atoms with Crippen LogP contribution in [0.25, 0.3) is 0 Å². The summed E-state index contributed by atoms with van der Waals surface area (Å²) >= 11 is 0. The topological polar surface area (TPSA) is 103 Å². The van der Waals surface area contributed by atoms with Gasteiger partial charge >= 0.3 is 5.97 Å². The van der Waals surface area contributed by atoms with E-state index in [2.05, 4.69) is 10.4 Å². The normalized spacial score (nSPS) is 16.9. The van der Waals surface area contributed by atoms with Crippen LogP contribution in [0, 0.1) is 5.82 Å². The first-order valence-electron chi connectivity index (χ1n) is 11.5. The molecule has 0 spiro atoms. The van der Waals surface area contributed by atoms with Crippen molar-refractivity contribution in [2.45, 2.75) is 39.0 Å². The summed E-state index contributed by atoms with van der Waals surface area (Å²) in [6, 6.07) is 14.4. The summed E-state index contributed by atoms with van der Waals surface area (Å²) in [5.41, 5.74) is 0.361. The SMILES string of the molecule is CCOC(=O)c1cc2n(n1)CC(C)(C(=O)NCc1ccc(F)cc1)N(Cc1ccc(OC)cc1)C2=O. The van der Waals surface area contributed by atoms with Crippen LogP contribution in [0.15, 0.2) is 54.6 Å². The first-order chi connectivity index (χ1) is 17.2. The summed E-state index contributed by atoms with van der Waals surface area (Å²) in [5, 5.41) is 7.10. The van der Waals surface area contributed by atoms with Gasteiger partial charge in [-0.05, 0) is 49.2 Å². The minimum absolute atomic E-state index is 0.000526. The van der Waals surface area contributed by atoms with E-state index >= 15 is 0 Å². The fourth-order valence-corrected chi connectivity index (χ4v) is 4.08. The van der Waals surface area contributed by atoms with Gasteiger partial charge in [0, 0.05) is 19.2 Å². The zero-order valence-corrected chi connectivity index (χ0v) is 20.3. The number of carbonyl (C=O) groups is 3. The Kier molecular flexibility index (Phi) is 7.05. The molecule has 0 saturated heterocycles. The van der Waals surface area contributed by atoms with Crippen LogP contribution in [-0.4, -0.2) is 51.7 Å². The minimum Gasteiger partial charge on any atom is -0.497 e. The van der Waals surface area contributed by atoms with Gasteiger partial charge in [-0.25, -0.2) is 9.18 Å². The number of nitrogens with one attached hydrogen (secondary N) is 1. The summed E-state index contributed by atoms with van der Waals surface area (Å²) in [7, 11) is 1.56. The second kappa shape index (κ2) is 10.2. The van der Waals surface area contributed by atoms with Crippen LogP contribution >= 0.6 is 0 Å². The Morgan fingerprint density at radius 2 is 1.78 bits per heavy atom. The van der Waals surface area contributed by atoms with Gasteiger partial charge in [0.2, 0.25) is 5.91 Å². The first-order valence-corrected chi connectivity index (χ1v) is 11.5. The van der Waals surface area contributed by atoms with Gasteiger partial charge in [0.05, 0.1) is 20.3 Å². The molecule has 36 heavy (non-hydrogen) atoms. The van der Waals surface area contributed by atoms with Gasteiger partial charge < -0.3 is 19.7 Å². The van der Waals surface area contributed by atoms with Gasteiger partial charge in [-0.15, -0.1) is 0 Å². The molecule has 1 unspecified atom stereocenters. The predicted molar refractivity (Wildman–Crippen MR) is 128 cm³/mol. The Morgan fingerprint density at radius 1 is 1.11 bits per heavy atom. The monoisotopic (exact) mass is 494 g/mol. The van der Waals surface area contributed by atoms with Gasteiger partial charge in [-0.1, -0.05) is 24.3 Å². The van der Waals surface area contributed by atoms with Crippen LogP contribution in [0.2, 0.25) is 0 Å². The molecule has 2 amide bonds. The van der Waals surface area contributed by atoms with Crippen molar-refractivity contribution in [2.75, 3.05) is 13.7 Å². The van der Waals surface area contributed by atoms with Crippen LogP contribution in [0.4, 0.5) is 4.39 Å². The van der Waals surface area contributed by atoms with Crippen molar-refractivity contribution in [2.24, 2.45) is 0 Å². The molecule has 188 valence electrons. The summed E-state index contributed by atoms with van der Waals surface area (Å²) in [4.78, 5) is 40.9. The Balaban J connectivity index is 1.65. The van der Waals surface area contributed by atoms with E-state index in [0.717, 1.165) is 5.56 Å². The van der Waals surface area contributed by atoms with Gasteiger partial charge in [0.1, 0.15) is 22.8 Å². The summed E-state index contributed by atoms with van der Waals surface area (Å²) in [6.07, 6.45) is 0. The number of esters is 1. The summed E-state index contributed by atoms with van der Waals surface area (Å²) in [5.74, 6) is -1.20. The molecular weight excluding hydrogens is 467 g/mol. The largest absolute Gasteiger partial charge is 0.497 e. The van der Waals surface area contributed by atoms with E-state index < -0.39 is 23.3 Å². The van der Waals surface area contributed by atoms with E-state index in [9.17, 15) is 18.8 Å². The van der Waals surface area contributed by atoms with Crippen molar-refractivity contribution in [1.82, 2.24) is 20.0 Å². The number of aromatic nitrogens is 2. The molecule has 0 radical (unpaired) electrons. The number of hydrogen-bond donors (Lipinski definition) is 1. The maximum Gasteiger partial charge on any atom is 0.358 e. The number of ether oxygens (including phenoxy) is 2. The van der Waals surface area contributed by atoms with Crippen molar-refractivity contribution in [3.05, 3.63) is 82.9 Å². The Morgan fingerprint density at radius 3 is 2.42 bits per heavy atom. The van der Waals surface area contributed by atoms with E-state index in [4.69, 9.17) is 9.47 Å². The molecule has 2 aromatic carbocycles. The predicted octanol–water partition coefficient (Wildman–Crippen LogP) is 2.94. The molecule has 1 aliphatic rings. The highest BCUT2D eigenvalue weighted by Gasteiger charge is 2.48. The number of carbonyl (C=O) groups excluding carboxylic acids is 3. The van der Waals surface area contributed by atoms with Crippen LogP contribution < -0.4 is 10.1 Å². The number of benzene rings is 2. The molecule has 1 N–H and O–H groups in total. The van der Waals surface area contributed by atoms with Crippen LogP contribution in [-0.2, 0) is 29.2 Å². The maximum atomic E-state index is 13.6. The lowest BCUT2D eigenvalue weighted by atomic mass is 9.94. The molecule has 3 aromatic rings. The molecule has 0 fully saturated rings. The molecular formula is C26H27FN4O5. The van der Waals surface area contributed by atoms with Crippen LogP contribution in [0.1, 0.15) is 46.0 Å². The van der Waals surface area contributed by atoms with Gasteiger partial charge in [-0.2, -0.15) is 5.10 Å². The third kappa shape index (κ3) is 4.93. The zero-order valence-electron chi connectivity index (χ0n) is 20.3. The quantitative estimate of drug-likeness (QED) is 0.483. The van der Waals surface area contributed by atoms with E-state index in [1.54, 1.807) is 45.2 Å². The van der Waals surface area contributed by atoms with Gasteiger partial charge in [-0.3, -0.25) is 14.3 Å². The van der Waals surface area contributed by atoms with Crippen molar-refractivity contribution in [3.63, 3.8) is 0 Å².